The Morgan fingerprint density at radius 1 is 1.14 bits per heavy atom. The van der Waals surface area contributed by atoms with Crippen LogP contribution in [-0.2, 0) is 0 Å². The molecule has 0 bridgehead atoms. The first-order chi connectivity index (χ1) is 10.2. The molecule has 0 atom stereocenters. The summed E-state index contributed by atoms with van der Waals surface area (Å²) in [5.41, 5.74) is 2.22. The topological polar surface area (TPSA) is 21.3 Å². The molecule has 0 aromatic heterocycles. The molecule has 1 aliphatic rings. The van der Waals surface area contributed by atoms with Gasteiger partial charge in [-0.1, -0.05) is 12.1 Å². The van der Waals surface area contributed by atoms with Crippen LogP contribution in [0.25, 0.3) is 0 Å². The molecule has 2 aromatic carbocycles. The van der Waals surface area contributed by atoms with Gasteiger partial charge in [-0.2, -0.15) is 0 Å². The summed E-state index contributed by atoms with van der Waals surface area (Å²) in [5.74, 6) is 1.23. The second-order valence-corrected chi connectivity index (χ2v) is 5.52. The van der Waals surface area contributed by atoms with E-state index < -0.39 is 0 Å². The molecule has 0 saturated heterocycles. The van der Waals surface area contributed by atoms with E-state index in [0.29, 0.717) is 18.6 Å². The monoisotopic (exact) mass is 285 g/mol. The van der Waals surface area contributed by atoms with Gasteiger partial charge in [-0.15, -0.1) is 0 Å². The van der Waals surface area contributed by atoms with E-state index in [9.17, 15) is 4.39 Å². The molecule has 0 spiro atoms. The summed E-state index contributed by atoms with van der Waals surface area (Å²) >= 11 is 0. The minimum absolute atomic E-state index is 0.143. The first kappa shape index (κ1) is 13.9. The Morgan fingerprint density at radius 2 is 1.90 bits per heavy atom. The van der Waals surface area contributed by atoms with E-state index in [1.165, 1.54) is 6.07 Å². The van der Waals surface area contributed by atoms with Crippen LogP contribution < -0.4 is 10.1 Å². The third kappa shape index (κ3) is 3.35. The van der Waals surface area contributed by atoms with E-state index in [0.717, 1.165) is 29.8 Å². The maximum absolute atomic E-state index is 13.2. The number of benzene rings is 2. The first-order valence-electron chi connectivity index (χ1n) is 7.49. The molecule has 3 rings (SSSR count). The largest absolute Gasteiger partial charge is 0.494 e. The summed E-state index contributed by atoms with van der Waals surface area (Å²) < 4.78 is 18.6. The van der Waals surface area contributed by atoms with E-state index in [1.54, 1.807) is 12.1 Å². The number of ether oxygens (including phenoxy) is 1. The maximum atomic E-state index is 13.2. The lowest BCUT2D eigenvalue weighted by molar-refractivity contribution is 0.340. The van der Waals surface area contributed by atoms with Crippen molar-refractivity contribution in [2.24, 2.45) is 0 Å². The molecule has 2 nitrogen and oxygen atoms in total. The summed E-state index contributed by atoms with van der Waals surface area (Å²) in [5, 5.41) is 3.51. The van der Waals surface area contributed by atoms with Gasteiger partial charge < -0.3 is 10.1 Å². The van der Waals surface area contributed by atoms with Gasteiger partial charge in [0.05, 0.1) is 6.61 Å². The molecule has 3 heteroatoms. The van der Waals surface area contributed by atoms with Crippen LogP contribution in [0.5, 0.6) is 5.75 Å². The Hall–Kier alpha value is -2.03. The number of rotatable bonds is 5. The van der Waals surface area contributed by atoms with Gasteiger partial charge in [-0.3, -0.25) is 0 Å². The molecule has 0 unspecified atom stereocenters. The molecule has 0 amide bonds. The lowest BCUT2D eigenvalue weighted by Crippen LogP contribution is -2.34. The van der Waals surface area contributed by atoms with Crippen LogP contribution in [0.1, 0.15) is 31.2 Å². The minimum Gasteiger partial charge on any atom is -0.494 e. The molecule has 110 valence electrons. The summed E-state index contributed by atoms with van der Waals surface area (Å²) in [4.78, 5) is 0. The number of halogens is 1. The predicted octanol–water partition coefficient (Wildman–Crippen LogP) is 4.58. The van der Waals surface area contributed by atoms with Crippen LogP contribution >= 0.6 is 0 Å². The second kappa shape index (κ2) is 6.17. The van der Waals surface area contributed by atoms with Gasteiger partial charge in [-0.25, -0.2) is 4.39 Å². The zero-order chi connectivity index (χ0) is 14.7. The number of hydrogen-bond acceptors (Lipinski definition) is 2. The van der Waals surface area contributed by atoms with Gasteiger partial charge >= 0.3 is 0 Å². The van der Waals surface area contributed by atoms with Crippen LogP contribution in [0.3, 0.4) is 0 Å². The minimum atomic E-state index is -0.143. The smallest absolute Gasteiger partial charge is 0.123 e. The van der Waals surface area contributed by atoms with Gasteiger partial charge in [0.25, 0.3) is 0 Å². The summed E-state index contributed by atoms with van der Waals surface area (Å²) in [6, 6.07) is 15.5. The van der Waals surface area contributed by atoms with E-state index in [2.05, 4.69) is 5.32 Å². The van der Waals surface area contributed by atoms with Crippen LogP contribution in [-0.4, -0.2) is 12.6 Å². The lowest BCUT2D eigenvalue weighted by Gasteiger charge is -2.37. The van der Waals surface area contributed by atoms with Crippen LogP contribution in [0.2, 0.25) is 0 Å². The van der Waals surface area contributed by atoms with Crippen molar-refractivity contribution < 1.29 is 9.13 Å². The normalized spacial score (nSPS) is 20.7. The van der Waals surface area contributed by atoms with Crippen molar-refractivity contribution >= 4 is 5.69 Å². The highest BCUT2D eigenvalue weighted by molar-refractivity contribution is 5.48. The molecule has 1 fully saturated rings. The molecule has 0 aliphatic heterocycles. The van der Waals surface area contributed by atoms with Gasteiger partial charge in [0.2, 0.25) is 0 Å². The molecule has 2 aromatic rings. The number of anilines is 1. The van der Waals surface area contributed by atoms with Crippen molar-refractivity contribution in [3.8, 4) is 5.75 Å². The average Bonchev–Trinajstić information content (AvgIpc) is 2.44. The summed E-state index contributed by atoms with van der Waals surface area (Å²) in [7, 11) is 0. The van der Waals surface area contributed by atoms with Gasteiger partial charge in [0.1, 0.15) is 11.6 Å². The summed E-state index contributed by atoms with van der Waals surface area (Å²) in [6.45, 7) is 2.66. The van der Waals surface area contributed by atoms with Crippen molar-refractivity contribution in [1.82, 2.24) is 0 Å². The Bertz CT molecular complexity index is 590. The van der Waals surface area contributed by atoms with E-state index >= 15 is 0 Å². The van der Waals surface area contributed by atoms with Gasteiger partial charge in [-0.05, 0) is 67.6 Å². The van der Waals surface area contributed by atoms with Gasteiger partial charge in [0, 0.05) is 11.7 Å². The van der Waals surface area contributed by atoms with Crippen LogP contribution in [0.4, 0.5) is 10.1 Å². The Labute approximate surface area is 125 Å². The zero-order valence-corrected chi connectivity index (χ0v) is 12.2. The van der Waals surface area contributed by atoms with Crippen LogP contribution in [0, 0.1) is 5.82 Å². The Morgan fingerprint density at radius 3 is 2.57 bits per heavy atom. The first-order valence-corrected chi connectivity index (χ1v) is 7.49. The summed E-state index contributed by atoms with van der Waals surface area (Å²) in [6.07, 6.45) is 2.10. The van der Waals surface area contributed by atoms with E-state index in [1.807, 2.05) is 37.3 Å². The fraction of sp³-hybridized carbons (Fsp3) is 0.333. The van der Waals surface area contributed by atoms with Crippen LogP contribution in [0.15, 0.2) is 48.5 Å². The van der Waals surface area contributed by atoms with Gasteiger partial charge in [0.15, 0.2) is 0 Å². The Balaban J connectivity index is 1.52. The fourth-order valence-corrected chi connectivity index (χ4v) is 2.82. The molecule has 1 aliphatic carbocycles. The standard InChI is InChI=1S/C18H20FNO/c1-2-21-18-8-6-16(7-9-18)20-17-11-14(12-17)13-4-3-5-15(19)10-13/h3-10,14,17,20H,2,11-12H2,1H3. The number of nitrogens with one attached hydrogen (secondary N) is 1. The Kier molecular flexibility index (Phi) is 4.09. The van der Waals surface area contributed by atoms with Crippen molar-refractivity contribution in [3.63, 3.8) is 0 Å². The van der Waals surface area contributed by atoms with Crippen molar-refractivity contribution in [1.29, 1.82) is 0 Å². The van der Waals surface area contributed by atoms with E-state index in [4.69, 9.17) is 4.74 Å². The second-order valence-electron chi connectivity index (χ2n) is 5.52. The van der Waals surface area contributed by atoms with Crippen molar-refractivity contribution in [2.45, 2.75) is 31.7 Å². The highest BCUT2D eigenvalue weighted by Gasteiger charge is 2.30. The van der Waals surface area contributed by atoms with Crippen molar-refractivity contribution in [2.75, 3.05) is 11.9 Å². The highest BCUT2D eigenvalue weighted by Crippen LogP contribution is 2.38. The SMILES string of the molecule is CCOc1ccc(NC2CC(c3cccc(F)c3)C2)cc1. The quantitative estimate of drug-likeness (QED) is 0.868. The average molecular weight is 285 g/mol. The zero-order valence-electron chi connectivity index (χ0n) is 12.2. The fourth-order valence-electron chi connectivity index (χ4n) is 2.82. The molecule has 21 heavy (non-hydrogen) atoms. The molecule has 1 saturated carbocycles. The molecular formula is C18H20FNO. The molecule has 0 radical (unpaired) electrons. The van der Waals surface area contributed by atoms with Crippen molar-refractivity contribution in [3.05, 3.63) is 59.9 Å². The predicted molar refractivity (Wildman–Crippen MR) is 83.4 cm³/mol. The molecule has 0 heterocycles. The maximum Gasteiger partial charge on any atom is 0.123 e. The third-order valence-electron chi connectivity index (χ3n) is 3.99. The molecule has 1 N–H and O–H groups in total. The number of hydrogen-bond donors (Lipinski definition) is 1. The highest BCUT2D eigenvalue weighted by atomic mass is 19.1. The van der Waals surface area contributed by atoms with E-state index in [-0.39, 0.29) is 5.82 Å². The third-order valence-corrected chi connectivity index (χ3v) is 3.99. The molecular weight excluding hydrogens is 265 g/mol. The lowest BCUT2D eigenvalue weighted by atomic mass is 9.76.